The zero-order valence-corrected chi connectivity index (χ0v) is 9.98. The van der Waals surface area contributed by atoms with Crippen molar-refractivity contribution in [2.45, 2.75) is 26.2 Å². The van der Waals surface area contributed by atoms with E-state index < -0.39 is 6.03 Å². The molecule has 0 heterocycles. The quantitative estimate of drug-likeness (QED) is 0.662. The summed E-state index contributed by atoms with van der Waals surface area (Å²) in [7, 11) is 7.68. The van der Waals surface area contributed by atoms with Crippen molar-refractivity contribution >= 4 is 6.03 Å². The standard InChI is InChI=1S/C9H22N4O/c1-7(11(3)4)13(9(10)14)8(2)12(5)6/h7-8H,1-6H3,(H2,10,14). The number of rotatable bonds is 4. The van der Waals surface area contributed by atoms with Crippen LogP contribution in [0.4, 0.5) is 4.79 Å². The summed E-state index contributed by atoms with van der Waals surface area (Å²) in [6.45, 7) is 3.90. The van der Waals surface area contributed by atoms with Crippen LogP contribution < -0.4 is 5.73 Å². The first kappa shape index (κ1) is 13.2. The summed E-state index contributed by atoms with van der Waals surface area (Å²) in [6, 6.07) is -0.396. The minimum atomic E-state index is -0.396. The van der Waals surface area contributed by atoms with Gasteiger partial charge in [0.15, 0.2) is 0 Å². The molecule has 0 aliphatic rings. The number of hydrogen-bond acceptors (Lipinski definition) is 3. The summed E-state index contributed by atoms with van der Waals surface area (Å²) in [5.41, 5.74) is 5.35. The molecule has 2 amide bonds. The van der Waals surface area contributed by atoms with Crippen molar-refractivity contribution in [1.82, 2.24) is 14.7 Å². The Kier molecular flexibility index (Phi) is 4.87. The first-order chi connectivity index (χ1) is 6.29. The second-order valence-corrected chi connectivity index (χ2v) is 3.94. The molecule has 2 N–H and O–H groups in total. The van der Waals surface area contributed by atoms with Gasteiger partial charge in [-0.3, -0.25) is 14.7 Å². The Morgan fingerprint density at radius 2 is 1.29 bits per heavy atom. The molecule has 0 spiro atoms. The summed E-state index contributed by atoms with van der Waals surface area (Å²) in [5.74, 6) is 0. The fourth-order valence-electron chi connectivity index (χ4n) is 1.18. The lowest BCUT2D eigenvalue weighted by atomic mass is 10.3. The molecular formula is C9H22N4O. The number of nitrogens with zero attached hydrogens (tertiary/aromatic N) is 3. The van der Waals surface area contributed by atoms with Crippen LogP contribution in [-0.4, -0.2) is 61.3 Å². The summed E-state index contributed by atoms with van der Waals surface area (Å²) < 4.78 is 0. The van der Waals surface area contributed by atoms with Gasteiger partial charge in [-0.15, -0.1) is 0 Å². The molecule has 0 radical (unpaired) electrons. The topological polar surface area (TPSA) is 52.8 Å². The molecule has 0 aromatic rings. The molecule has 0 saturated carbocycles. The lowest BCUT2D eigenvalue weighted by molar-refractivity contribution is 0.0378. The maximum Gasteiger partial charge on any atom is 0.317 e. The fraction of sp³-hybridized carbons (Fsp3) is 0.889. The third-order valence-corrected chi connectivity index (χ3v) is 2.55. The first-order valence-corrected chi connectivity index (χ1v) is 4.69. The van der Waals surface area contributed by atoms with Gasteiger partial charge in [0.05, 0.1) is 12.3 Å². The van der Waals surface area contributed by atoms with Gasteiger partial charge in [0.25, 0.3) is 0 Å². The summed E-state index contributed by atoms with van der Waals surface area (Å²) in [6.07, 6.45) is -0.0187. The van der Waals surface area contributed by atoms with Crippen molar-refractivity contribution in [2.24, 2.45) is 5.73 Å². The van der Waals surface area contributed by atoms with Crippen molar-refractivity contribution in [2.75, 3.05) is 28.2 Å². The zero-order chi connectivity index (χ0) is 11.5. The van der Waals surface area contributed by atoms with E-state index in [1.807, 2.05) is 51.8 Å². The molecule has 0 bridgehead atoms. The van der Waals surface area contributed by atoms with Gasteiger partial charge < -0.3 is 5.73 Å². The van der Waals surface area contributed by atoms with Crippen LogP contribution in [0.15, 0.2) is 0 Å². The summed E-state index contributed by atoms with van der Waals surface area (Å²) in [5, 5.41) is 0. The molecule has 0 aliphatic carbocycles. The molecule has 5 nitrogen and oxygen atoms in total. The predicted molar refractivity (Wildman–Crippen MR) is 57.7 cm³/mol. The van der Waals surface area contributed by atoms with Gasteiger partial charge in [0.1, 0.15) is 0 Å². The third-order valence-electron chi connectivity index (χ3n) is 2.55. The number of hydrogen-bond donors (Lipinski definition) is 1. The summed E-state index contributed by atoms with van der Waals surface area (Å²) in [4.78, 5) is 16.8. The van der Waals surface area contributed by atoms with E-state index in [0.29, 0.717) is 0 Å². The van der Waals surface area contributed by atoms with Crippen LogP contribution in [-0.2, 0) is 0 Å². The van der Waals surface area contributed by atoms with Crippen LogP contribution in [0.2, 0.25) is 0 Å². The fourth-order valence-corrected chi connectivity index (χ4v) is 1.18. The van der Waals surface area contributed by atoms with E-state index in [2.05, 4.69) is 0 Å². The minimum Gasteiger partial charge on any atom is -0.351 e. The van der Waals surface area contributed by atoms with Gasteiger partial charge in [-0.05, 0) is 42.0 Å². The SMILES string of the molecule is CC(N(C)C)N(C(N)=O)C(C)N(C)C. The second kappa shape index (κ2) is 5.17. The Bertz CT molecular complexity index is 179. The molecule has 0 aromatic heterocycles. The zero-order valence-electron chi connectivity index (χ0n) is 9.98. The number of nitrogens with two attached hydrogens (primary N) is 1. The van der Waals surface area contributed by atoms with E-state index >= 15 is 0 Å². The predicted octanol–water partition coefficient (Wildman–Crippen LogP) is 0.182. The van der Waals surface area contributed by atoms with E-state index in [-0.39, 0.29) is 12.3 Å². The van der Waals surface area contributed by atoms with E-state index in [4.69, 9.17) is 5.73 Å². The lowest BCUT2D eigenvalue weighted by Crippen LogP contribution is -2.56. The monoisotopic (exact) mass is 202 g/mol. The second-order valence-electron chi connectivity index (χ2n) is 3.94. The number of carbonyl (C=O) groups is 1. The molecule has 2 atom stereocenters. The van der Waals surface area contributed by atoms with Crippen molar-refractivity contribution in [3.8, 4) is 0 Å². The molecule has 0 aromatic carbocycles. The van der Waals surface area contributed by atoms with Gasteiger partial charge in [-0.1, -0.05) is 0 Å². The van der Waals surface area contributed by atoms with E-state index in [0.717, 1.165) is 0 Å². The van der Waals surface area contributed by atoms with Crippen molar-refractivity contribution < 1.29 is 4.79 Å². The van der Waals surface area contributed by atoms with Crippen LogP contribution >= 0.6 is 0 Å². The van der Waals surface area contributed by atoms with E-state index in [9.17, 15) is 4.79 Å². The van der Waals surface area contributed by atoms with Gasteiger partial charge in [-0.25, -0.2) is 4.79 Å². The van der Waals surface area contributed by atoms with E-state index in [1.54, 1.807) is 4.90 Å². The highest BCUT2D eigenvalue weighted by atomic mass is 16.2. The van der Waals surface area contributed by atoms with Gasteiger partial charge >= 0.3 is 6.03 Å². The van der Waals surface area contributed by atoms with Crippen molar-refractivity contribution in [3.05, 3.63) is 0 Å². The third kappa shape index (κ3) is 3.16. The normalized spacial score (nSPS) is 15.7. The minimum absolute atomic E-state index is 0.00935. The Balaban J connectivity index is 4.68. The highest BCUT2D eigenvalue weighted by molar-refractivity contribution is 5.72. The smallest absolute Gasteiger partial charge is 0.317 e. The number of urea groups is 1. The molecule has 14 heavy (non-hydrogen) atoms. The average Bonchev–Trinajstić information content (AvgIpc) is 2.03. The van der Waals surface area contributed by atoms with Crippen LogP contribution in [0.1, 0.15) is 13.8 Å². The molecule has 0 aliphatic heterocycles. The number of amides is 2. The maximum absolute atomic E-state index is 11.3. The molecular weight excluding hydrogens is 180 g/mol. The van der Waals surface area contributed by atoms with Crippen LogP contribution in [0.5, 0.6) is 0 Å². The van der Waals surface area contributed by atoms with Crippen molar-refractivity contribution in [1.29, 1.82) is 0 Å². The Morgan fingerprint density at radius 1 is 1.00 bits per heavy atom. The molecule has 84 valence electrons. The maximum atomic E-state index is 11.3. The average molecular weight is 202 g/mol. The summed E-state index contributed by atoms with van der Waals surface area (Å²) >= 11 is 0. The van der Waals surface area contributed by atoms with Crippen LogP contribution in [0.25, 0.3) is 0 Å². The van der Waals surface area contributed by atoms with Gasteiger partial charge in [0, 0.05) is 0 Å². The Labute approximate surface area is 86.4 Å². The highest BCUT2D eigenvalue weighted by Crippen LogP contribution is 2.08. The van der Waals surface area contributed by atoms with Gasteiger partial charge in [0.2, 0.25) is 0 Å². The largest absolute Gasteiger partial charge is 0.351 e. The van der Waals surface area contributed by atoms with Crippen molar-refractivity contribution in [3.63, 3.8) is 0 Å². The molecule has 5 heteroatoms. The molecule has 0 rings (SSSR count). The Hall–Kier alpha value is -0.810. The van der Waals surface area contributed by atoms with Crippen LogP contribution in [0.3, 0.4) is 0 Å². The first-order valence-electron chi connectivity index (χ1n) is 4.69. The number of carbonyl (C=O) groups excluding carboxylic acids is 1. The molecule has 0 fully saturated rings. The van der Waals surface area contributed by atoms with Crippen LogP contribution in [0, 0.1) is 0 Å². The molecule has 0 saturated heterocycles. The molecule has 2 unspecified atom stereocenters. The highest BCUT2D eigenvalue weighted by Gasteiger charge is 2.25. The lowest BCUT2D eigenvalue weighted by Gasteiger charge is -2.39. The Morgan fingerprint density at radius 3 is 1.43 bits per heavy atom. The number of primary amides is 1. The van der Waals surface area contributed by atoms with Gasteiger partial charge in [-0.2, -0.15) is 0 Å². The van der Waals surface area contributed by atoms with E-state index in [1.165, 1.54) is 0 Å².